The minimum atomic E-state index is -0.279. The van der Waals surface area contributed by atoms with E-state index >= 15 is 0 Å². The molecule has 5 nitrogen and oxygen atoms in total. The van der Waals surface area contributed by atoms with E-state index in [2.05, 4.69) is 20.6 Å². The Hall–Kier alpha value is -2.34. The van der Waals surface area contributed by atoms with Gasteiger partial charge in [0, 0.05) is 5.56 Å². The van der Waals surface area contributed by atoms with E-state index in [1.165, 1.54) is 12.1 Å². The zero-order valence-electron chi connectivity index (χ0n) is 10.3. The van der Waals surface area contributed by atoms with Crippen molar-refractivity contribution in [3.05, 3.63) is 48.0 Å². The third-order valence-corrected chi connectivity index (χ3v) is 2.78. The van der Waals surface area contributed by atoms with Crippen molar-refractivity contribution in [2.75, 3.05) is 7.05 Å². The summed E-state index contributed by atoms with van der Waals surface area (Å²) in [5.74, 6) is 0.439. The van der Waals surface area contributed by atoms with Gasteiger partial charge in [-0.2, -0.15) is 9.61 Å². The zero-order valence-corrected chi connectivity index (χ0v) is 10.3. The van der Waals surface area contributed by atoms with Gasteiger partial charge >= 0.3 is 0 Å². The Labute approximate surface area is 109 Å². The highest BCUT2D eigenvalue weighted by Crippen LogP contribution is 2.18. The van der Waals surface area contributed by atoms with Crippen LogP contribution in [0.2, 0.25) is 0 Å². The smallest absolute Gasteiger partial charge is 0.177 e. The molecule has 0 spiro atoms. The molecule has 0 radical (unpaired) electrons. The molecule has 0 saturated carbocycles. The molecule has 0 fully saturated rings. The van der Waals surface area contributed by atoms with Crippen LogP contribution in [0.4, 0.5) is 4.39 Å². The molecule has 6 heteroatoms. The Kier molecular flexibility index (Phi) is 2.92. The van der Waals surface area contributed by atoms with Gasteiger partial charge in [0.05, 0.1) is 12.2 Å². The monoisotopic (exact) mass is 257 g/mol. The van der Waals surface area contributed by atoms with E-state index in [1.807, 2.05) is 25.2 Å². The number of nitrogens with zero attached hydrogens (tertiary/aromatic N) is 4. The lowest BCUT2D eigenvalue weighted by atomic mass is 10.1. The van der Waals surface area contributed by atoms with Crippen LogP contribution in [0, 0.1) is 5.82 Å². The van der Waals surface area contributed by atoms with Crippen molar-refractivity contribution in [3.63, 3.8) is 0 Å². The third kappa shape index (κ3) is 2.17. The van der Waals surface area contributed by atoms with E-state index in [0.717, 1.165) is 11.4 Å². The van der Waals surface area contributed by atoms with Gasteiger partial charge in [0.25, 0.3) is 0 Å². The fourth-order valence-electron chi connectivity index (χ4n) is 1.90. The van der Waals surface area contributed by atoms with Crippen LogP contribution >= 0.6 is 0 Å². The van der Waals surface area contributed by atoms with E-state index in [1.54, 1.807) is 10.6 Å². The van der Waals surface area contributed by atoms with Gasteiger partial charge in [-0.3, -0.25) is 0 Å². The van der Waals surface area contributed by atoms with Gasteiger partial charge in [-0.15, -0.1) is 10.2 Å². The maximum atomic E-state index is 13.2. The minimum absolute atomic E-state index is 0.279. The molecular formula is C13H12FN5. The first-order chi connectivity index (χ1) is 9.28. The molecule has 1 N–H and O–H groups in total. The van der Waals surface area contributed by atoms with Crippen LogP contribution in [0.1, 0.15) is 5.82 Å². The molecule has 0 bridgehead atoms. The molecule has 0 amide bonds. The number of rotatable bonds is 3. The van der Waals surface area contributed by atoms with Gasteiger partial charge in [0.1, 0.15) is 5.82 Å². The molecule has 2 aromatic heterocycles. The summed E-state index contributed by atoms with van der Waals surface area (Å²) in [6.07, 6.45) is 0. The summed E-state index contributed by atoms with van der Waals surface area (Å²) in [7, 11) is 1.83. The van der Waals surface area contributed by atoms with Crippen LogP contribution < -0.4 is 5.32 Å². The first kappa shape index (κ1) is 11.7. The molecule has 0 unspecified atom stereocenters. The van der Waals surface area contributed by atoms with Crippen molar-refractivity contribution in [3.8, 4) is 11.3 Å². The van der Waals surface area contributed by atoms with Gasteiger partial charge < -0.3 is 5.32 Å². The lowest BCUT2D eigenvalue weighted by Crippen LogP contribution is -2.10. The lowest BCUT2D eigenvalue weighted by molar-refractivity contribution is 0.628. The quantitative estimate of drug-likeness (QED) is 0.775. The van der Waals surface area contributed by atoms with Crippen molar-refractivity contribution in [2.24, 2.45) is 0 Å². The minimum Gasteiger partial charge on any atom is -0.313 e. The summed E-state index contributed by atoms with van der Waals surface area (Å²) in [4.78, 5) is 0. The first-order valence-electron chi connectivity index (χ1n) is 5.90. The Morgan fingerprint density at radius 1 is 1.21 bits per heavy atom. The fourth-order valence-corrected chi connectivity index (χ4v) is 1.90. The van der Waals surface area contributed by atoms with E-state index < -0.39 is 0 Å². The lowest BCUT2D eigenvalue weighted by Gasteiger charge is -2.03. The number of nitrogens with one attached hydrogen (secondary N) is 1. The Bertz CT molecular complexity index is 722. The molecule has 2 heterocycles. The standard InChI is InChI=1S/C13H12FN5/c1-15-8-13-17-16-12-6-5-11(18-19(12)13)9-3-2-4-10(14)7-9/h2-7,15H,8H2,1H3. The Morgan fingerprint density at radius 3 is 2.89 bits per heavy atom. The second-order valence-electron chi connectivity index (χ2n) is 4.15. The summed E-state index contributed by atoms with van der Waals surface area (Å²) >= 11 is 0. The maximum Gasteiger partial charge on any atom is 0.177 e. The van der Waals surface area contributed by atoms with Crippen molar-refractivity contribution in [1.82, 2.24) is 25.1 Å². The van der Waals surface area contributed by atoms with Gasteiger partial charge in [0.2, 0.25) is 0 Å². The fraction of sp³-hybridized carbons (Fsp3) is 0.154. The highest BCUT2D eigenvalue weighted by Gasteiger charge is 2.08. The number of aromatic nitrogens is 4. The van der Waals surface area contributed by atoms with Crippen LogP contribution in [0.15, 0.2) is 36.4 Å². The van der Waals surface area contributed by atoms with Crippen molar-refractivity contribution >= 4 is 5.65 Å². The van der Waals surface area contributed by atoms with Crippen LogP contribution in [0.5, 0.6) is 0 Å². The summed E-state index contributed by atoms with van der Waals surface area (Å²) in [6, 6.07) is 9.97. The van der Waals surface area contributed by atoms with E-state index in [4.69, 9.17) is 0 Å². The van der Waals surface area contributed by atoms with Crippen molar-refractivity contribution in [2.45, 2.75) is 6.54 Å². The zero-order chi connectivity index (χ0) is 13.2. The second kappa shape index (κ2) is 4.74. The summed E-state index contributed by atoms with van der Waals surface area (Å²) in [6.45, 7) is 0.570. The van der Waals surface area contributed by atoms with Crippen LogP contribution in [0.25, 0.3) is 16.9 Å². The molecule has 0 aliphatic heterocycles. The second-order valence-corrected chi connectivity index (χ2v) is 4.15. The van der Waals surface area contributed by atoms with Gasteiger partial charge in [-0.1, -0.05) is 12.1 Å². The molecule has 1 aromatic carbocycles. The number of benzene rings is 1. The Balaban J connectivity index is 2.12. The predicted octanol–water partition coefficient (Wildman–Crippen LogP) is 1.65. The van der Waals surface area contributed by atoms with E-state index in [0.29, 0.717) is 17.9 Å². The van der Waals surface area contributed by atoms with Crippen molar-refractivity contribution in [1.29, 1.82) is 0 Å². The number of hydrogen-bond donors (Lipinski definition) is 1. The molecule has 0 aliphatic carbocycles. The molecule has 3 rings (SSSR count). The van der Waals surface area contributed by atoms with Crippen LogP contribution in [0.3, 0.4) is 0 Å². The molecule has 0 atom stereocenters. The molecule has 19 heavy (non-hydrogen) atoms. The van der Waals surface area contributed by atoms with E-state index in [-0.39, 0.29) is 5.82 Å². The van der Waals surface area contributed by atoms with Crippen LogP contribution in [-0.2, 0) is 6.54 Å². The highest BCUT2D eigenvalue weighted by molar-refractivity contribution is 5.60. The average molecular weight is 257 g/mol. The third-order valence-electron chi connectivity index (χ3n) is 2.78. The Morgan fingerprint density at radius 2 is 2.11 bits per heavy atom. The molecule has 3 aromatic rings. The SMILES string of the molecule is CNCc1nnc2ccc(-c3cccc(F)c3)nn12. The normalized spacial score (nSPS) is 11.1. The molecule has 0 saturated heterocycles. The topological polar surface area (TPSA) is 55.1 Å². The average Bonchev–Trinajstić information content (AvgIpc) is 2.82. The predicted molar refractivity (Wildman–Crippen MR) is 68.9 cm³/mol. The largest absolute Gasteiger partial charge is 0.313 e. The first-order valence-corrected chi connectivity index (χ1v) is 5.90. The highest BCUT2D eigenvalue weighted by atomic mass is 19.1. The summed E-state index contributed by atoms with van der Waals surface area (Å²) in [5, 5.41) is 15.5. The summed E-state index contributed by atoms with van der Waals surface area (Å²) in [5.41, 5.74) is 2.08. The molecule has 0 aliphatic rings. The van der Waals surface area contributed by atoms with Crippen molar-refractivity contribution < 1.29 is 4.39 Å². The van der Waals surface area contributed by atoms with E-state index in [9.17, 15) is 4.39 Å². The number of halogens is 1. The number of fused-ring (bicyclic) bond motifs is 1. The number of hydrogen-bond acceptors (Lipinski definition) is 4. The summed E-state index contributed by atoms with van der Waals surface area (Å²) < 4.78 is 14.9. The van der Waals surface area contributed by atoms with Gasteiger partial charge in [0.15, 0.2) is 11.5 Å². The van der Waals surface area contributed by atoms with Gasteiger partial charge in [-0.05, 0) is 31.3 Å². The molecule has 96 valence electrons. The van der Waals surface area contributed by atoms with Gasteiger partial charge in [-0.25, -0.2) is 4.39 Å². The van der Waals surface area contributed by atoms with Crippen LogP contribution in [-0.4, -0.2) is 26.9 Å². The molecular weight excluding hydrogens is 245 g/mol. The maximum absolute atomic E-state index is 13.2.